The van der Waals surface area contributed by atoms with Gasteiger partial charge in [0.2, 0.25) is 5.91 Å². The Bertz CT molecular complexity index is 652. The summed E-state index contributed by atoms with van der Waals surface area (Å²) in [5, 5.41) is 3.93. The summed E-state index contributed by atoms with van der Waals surface area (Å²) < 4.78 is 42.4. The second kappa shape index (κ2) is 5.47. The molecule has 1 heterocycles. The average molecular weight is 299 g/mol. The van der Waals surface area contributed by atoms with Gasteiger partial charge < -0.3 is 10.5 Å². The van der Waals surface area contributed by atoms with Crippen molar-refractivity contribution in [2.45, 2.75) is 19.3 Å². The Balaban J connectivity index is 2.37. The van der Waals surface area contributed by atoms with E-state index in [1.807, 2.05) is 0 Å². The van der Waals surface area contributed by atoms with Gasteiger partial charge in [0.15, 0.2) is 0 Å². The van der Waals surface area contributed by atoms with Gasteiger partial charge in [-0.05, 0) is 13.0 Å². The zero-order chi connectivity index (χ0) is 15.6. The second-order valence-electron chi connectivity index (χ2n) is 4.33. The molecule has 21 heavy (non-hydrogen) atoms. The first-order valence-corrected chi connectivity index (χ1v) is 5.96. The number of nitrogens with two attached hydrogens (primary N) is 1. The van der Waals surface area contributed by atoms with Gasteiger partial charge in [0.1, 0.15) is 11.8 Å². The van der Waals surface area contributed by atoms with E-state index in [1.165, 1.54) is 42.2 Å². The molecule has 1 amide bonds. The first-order chi connectivity index (χ1) is 9.78. The normalized spacial score (nSPS) is 13.0. The standard InChI is InChI=1S/C13H12F3N3O2/c1-8(12(17)20)19-7-9(6-18-19)10-4-2-3-5-11(10)21-13(14,15)16/h2-8H,1H3,(H2,17,20)/t8-/m1/s1. The number of halogens is 3. The van der Waals surface area contributed by atoms with Crippen LogP contribution in [0, 0.1) is 0 Å². The zero-order valence-electron chi connectivity index (χ0n) is 11.0. The third-order valence-corrected chi connectivity index (χ3v) is 2.83. The quantitative estimate of drug-likeness (QED) is 0.943. The van der Waals surface area contributed by atoms with Crippen LogP contribution in [0.15, 0.2) is 36.7 Å². The summed E-state index contributed by atoms with van der Waals surface area (Å²) in [7, 11) is 0. The molecular weight excluding hydrogens is 287 g/mol. The molecule has 1 aromatic carbocycles. The summed E-state index contributed by atoms with van der Waals surface area (Å²) in [6.07, 6.45) is -2.00. The van der Waals surface area contributed by atoms with E-state index in [0.717, 1.165) is 0 Å². The molecule has 2 rings (SSSR count). The van der Waals surface area contributed by atoms with Gasteiger partial charge in [-0.15, -0.1) is 13.2 Å². The number of carbonyl (C=O) groups excluding carboxylic acids is 1. The Kier molecular flexibility index (Phi) is 3.88. The van der Waals surface area contributed by atoms with E-state index in [0.29, 0.717) is 5.56 Å². The minimum absolute atomic E-state index is 0.220. The van der Waals surface area contributed by atoms with Crippen LogP contribution in [0.4, 0.5) is 13.2 Å². The van der Waals surface area contributed by atoms with Crippen molar-refractivity contribution in [2.24, 2.45) is 5.73 Å². The molecule has 0 aliphatic carbocycles. The van der Waals surface area contributed by atoms with Gasteiger partial charge in [-0.2, -0.15) is 5.10 Å². The number of alkyl halides is 3. The molecule has 0 fully saturated rings. The van der Waals surface area contributed by atoms with Gasteiger partial charge in [-0.25, -0.2) is 0 Å². The fourth-order valence-corrected chi connectivity index (χ4v) is 1.74. The van der Waals surface area contributed by atoms with Gasteiger partial charge in [0, 0.05) is 17.3 Å². The predicted molar refractivity (Wildman–Crippen MR) is 68.3 cm³/mol. The molecule has 5 nitrogen and oxygen atoms in total. The van der Waals surface area contributed by atoms with Crippen molar-refractivity contribution in [1.29, 1.82) is 0 Å². The van der Waals surface area contributed by atoms with Gasteiger partial charge >= 0.3 is 6.36 Å². The summed E-state index contributed by atoms with van der Waals surface area (Å²) in [5.41, 5.74) is 5.77. The number of carbonyl (C=O) groups is 1. The highest BCUT2D eigenvalue weighted by Gasteiger charge is 2.32. The lowest BCUT2D eigenvalue weighted by Gasteiger charge is -2.12. The highest BCUT2D eigenvalue weighted by molar-refractivity contribution is 5.78. The average Bonchev–Trinajstić information content (AvgIpc) is 2.85. The van der Waals surface area contributed by atoms with Crippen molar-refractivity contribution in [1.82, 2.24) is 9.78 Å². The van der Waals surface area contributed by atoms with Gasteiger partial charge in [0.25, 0.3) is 0 Å². The lowest BCUT2D eigenvalue weighted by atomic mass is 10.1. The smallest absolute Gasteiger partial charge is 0.405 e. The lowest BCUT2D eigenvalue weighted by Crippen LogP contribution is -2.24. The summed E-state index contributed by atoms with van der Waals surface area (Å²) in [6.45, 7) is 1.54. The van der Waals surface area contributed by atoms with Crippen LogP contribution in [0.25, 0.3) is 11.1 Å². The lowest BCUT2D eigenvalue weighted by molar-refractivity contribution is -0.274. The third-order valence-electron chi connectivity index (χ3n) is 2.83. The van der Waals surface area contributed by atoms with Crippen LogP contribution in [0.5, 0.6) is 5.75 Å². The van der Waals surface area contributed by atoms with Crippen LogP contribution in [-0.2, 0) is 4.79 Å². The first-order valence-electron chi connectivity index (χ1n) is 5.96. The number of primary amides is 1. The Morgan fingerprint density at radius 1 is 1.38 bits per heavy atom. The van der Waals surface area contributed by atoms with Crippen molar-refractivity contribution in [3.8, 4) is 16.9 Å². The number of amides is 1. The Labute approximate surface area is 118 Å². The minimum Gasteiger partial charge on any atom is -0.405 e. The monoisotopic (exact) mass is 299 g/mol. The largest absolute Gasteiger partial charge is 0.573 e. The van der Waals surface area contributed by atoms with Gasteiger partial charge in [-0.3, -0.25) is 9.48 Å². The van der Waals surface area contributed by atoms with Crippen LogP contribution >= 0.6 is 0 Å². The molecule has 0 bridgehead atoms. The van der Waals surface area contributed by atoms with Crippen LogP contribution < -0.4 is 10.5 Å². The predicted octanol–water partition coefficient (Wildman–Crippen LogP) is 2.50. The number of rotatable bonds is 4. The van der Waals surface area contributed by atoms with Gasteiger partial charge in [-0.1, -0.05) is 18.2 Å². The molecule has 0 aliphatic heterocycles. The first kappa shape index (κ1) is 14.9. The van der Waals surface area contributed by atoms with Crippen molar-refractivity contribution in [3.63, 3.8) is 0 Å². The topological polar surface area (TPSA) is 70.1 Å². The van der Waals surface area contributed by atoms with E-state index >= 15 is 0 Å². The van der Waals surface area contributed by atoms with Crippen LogP contribution in [-0.4, -0.2) is 22.1 Å². The van der Waals surface area contributed by atoms with E-state index in [1.54, 1.807) is 6.07 Å². The van der Waals surface area contributed by atoms with E-state index in [4.69, 9.17) is 5.73 Å². The van der Waals surface area contributed by atoms with Crippen molar-refractivity contribution < 1.29 is 22.7 Å². The SMILES string of the molecule is C[C@H](C(N)=O)n1cc(-c2ccccc2OC(F)(F)F)cn1. The highest BCUT2D eigenvalue weighted by atomic mass is 19.4. The van der Waals surface area contributed by atoms with Gasteiger partial charge in [0.05, 0.1) is 6.20 Å². The number of para-hydroxylation sites is 1. The summed E-state index contributed by atoms with van der Waals surface area (Å²) >= 11 is 0. The number of nitrogens with zero attached hydrogens (tertiary/aromatic N) is 2. The molecule has 8 heteroatoms. The fraction of sp³-hybridized carbons (Fsp3) is 0.231. The molecule has 0 spiro atoms. The van der Waals surface area contributed by atoms with Crippen molar-refractivity contribution in [3.05, 3.63) is 36.7 Å². The molecule has 0 unspecified atom stereocenters. The van der Waals surface area contributed by atoms with E-state index in [2.05, 4.69) is 9.84 Å². The number of aromatic nitrogens is 2. The number of benzene rings is 1. The summed E-state index contributed by atoms with van der Waals surface area (Å²) in [6, 6.07) is 4.98. The maximum absolute atomic E-state index is 12.4. The molecule has 112 valence electrons. The van der Waals surface area contributed by atoms with E-state index in [-0.39, 0.29) is 11.3 Å². The molecule has 2 N–H and O–H groups in total. The van der Waals surface area contributed by atoms with E-state index in [9.17, 15) is 18.0 Å². The molecule has 2 aromatic rings. The molecular formula is C13H12F3N3O2. The third kappa shape index (κ3) is 3.53. The van der Waals surface area contributed by atoms with Crippen LogP contribution in [0.3, 0.4) is 0 Å². The maximum Gasteiger partial charge on any atom is 0.573 e. The highest BCUT2D eigenvalue weighted by Crippen LogP contribution is 2.33. The second-order valence-corrected chi connectivity index (χ2v) is 4.33. The number of ether oxygens (including phenoxy) is 1. The molecule has 1 atom stereocenters. The van der Waals surface area contributed by atoms with Crippen LogP contribution in [0.2, 0.25) is 0 Å². The molecule has 0 aliphatic rings. The molecule has 0 saturated carbocycles. The number of hydrogen-bond acceptors (Lipinski definition) is 3. The number of hydrogen-bond donors (Lipinski definition) is 1. The minimum atomic E-state index is -4.79. The Morgan fingerprint density at radius 2 is 2.05 bits per heavy atom. The Hall–Kier alpha value is -2.51. The molecule has 0 saturated heterocycles. The van der Waals surface area contributed by atoms with Crippen molar-refractivity contribution in [2.75, 3.05) is 0 Å². The van der Waals surface area contributed by atoms with Crippen molar-refractivity contribution >= 4 is 5.91 Å². The summed E-state index contributed by atoms with van der Waals surface area (Å²) in [5.74, 6) is -0.930. The zero-order valence-corrected chi connectivity index (χ0v) is 11.0. The maximum atomic E-state index is 12.4. The molecule has 0 radical (unpaired) electrons. The Morgan fingerprint density at radius 3 is 2.67 bits per heavy atom. The fourth-order valence-electron chi connectivity index (χ4n) is 1.74. The summed E-state index contributed by atoms with van der Waals surface area (Å²) in [4.78, 5) is 11.1. The van der Waals surface area contributed by atoms with E-state index < -0.39 is 18.3 Å². The van der Waals surface area contributed by atoms with Crippen LogP contribution in [0.1, 0.15) is 13.0 Å². The molecule has 1 aromatic heterocycles.